The summed E-state index contributed by atoms with van der Waals surface area (Å²) < 4.78 is 70.7. The zero-order valence-corrected chi connectivity index (χ0v) is 26.3. The van der Waals surface area contributed by atoms with Gasteiger partial charge in [0.05, 0.1) is 59.1 Å². The monoisotopic (exact) mass is 653 g/mol. The number of nitrogens with one attached hydrogen (secondary N) is 2. The zero-order valence-electron chi connectivity index (χ0n) is 24.7. The molecule has 1 aromatic heterocycles. The summed E-state index contributed by atoms with van der Waals surface area (Å²) in [5, 5.41) is 25.9. The first-order valence-electron chi connectivity index (χ1n) is 14.4. The van der Waals surface area contributed by atoms with Crippen LogP contribution in [0.5, 0.6) is 5.75 Å². The second-order valence-electron chi connectivity index (χ2n) is 10.8. The van der Waals surface area contributed by atoms with Crippen molar-refractivity contribution in [2.24, 2.45) is 0 Å². The number of hydrogen-bond acceptors (Lipinski definition) is 9. The van der Waals surface area contributed by atoms with Gasteiger partial charge in [-0.3, -0.25) is 4.90 Å². The van der Waals surface area contributed by atoms with E-state index in [9.17, 15) is 31.8 Å². The Kier molecular flexibility index (Phi) is 11.4. The van der Waals surface area contributed by atoms with Crippen LogP contribution in [-0.4, -0.2) is 88.0 Å². The summed E-state index contributed by atoms with van der Waals surface area (Å²) in [6, 6.07) is 10.2. The highest BCUT2D eigenvalue weighted by atomic mass is 32.2. The van der Waals surface area contributed by atoms with Crippen LogP contribution in [0.1, 0.15) is 36.1 Å². The van der Waals surface area contributed by atoms with E-state index in [-0.39, 0.29) is 42.3 Å². The molecular weight excluding hydrogens is 615 g/mol. The van der Waals surface area contributed by atoms with Crippen LogP contribution in [0.3, 0.4) is 0 Å². The van der Waals surface area contributed by atoms with E-state index in [1.807, 2.05) is 6.07 Å². The van der Waals surface area contributed by atoms with Crippen molar-refractivity contribution in [2.75, 3.05) is 56.8 Å². The van der Waals surface area contributed by atoms with Gasteiger partial charge in [-0.1, -0.05) is 24.0 Å². The molecule has 0 spiro atoms. The minimum absolute atomic E-state index is 0.0345. The highest BCUT2D eigenvalue weighted by Crippen LogP contribution is 2.40. The molecule has 44 heavy (non-hydrogen) atoms. The van der Waals surface area contributed by atoms with Gasteiger partial charge in [0, 0.05) is 37.5 Å². The van der Waals surface area contributed by atoms with Crippen molar-refractivity contribution in [1.82, 2.24) is 4.90 Å². The van der Waals surface area contributed by atoms with Crippen molar-refractivity contribution in [3.8, 4) is 17.6 Å². The molecule has 0 unspecified atom stereocenters. The number of thiophene rings is 1. The van der Waals surface area contributed by atoms with Crippen molar-refractivity contribution in [2.45, 2.75) is 55.3 Å². The van der Waals surface area contributed by atoms with Gasteiger partial charge in [-0.15, -0.1) is 11.3 Å². The Morgan fingerprint density at radius 1 is 1.07 bits per heavy atom. The van der Waals surface area contributed by atoms with Crippen molar-refractivity contribution in [3.05, 3.63) is 46.8 Å². The lowest BCUT2D eigenvalue weighted by atomic mass is 9.90. The minimum atomic E-state index is -4.41. The van der Waals surface area contributed by atoms with E-state index in [0.29, 0.717) is 34.8 Å². The van der Waals surface area contributed by atoms with Gasteiger partial charge in [-0.25, -0.2) is 8.42 Å². The zero-order chi connectivity index (χ0) is 31.9. The fourth-order valence-electron chi connectivity index (χ4n) is 5.61. The molecule has 1 aliphatic rings. The number of rotatable bonds is 12. The number of hydrogen-bond donors (Lipinski definition) is 4. The molecule has 3 aromatic rings. The number of methoxy groups -OCH3 is 1. The van der Waals surface area contributed by atoms with Crippen LogP contribution in [0.25, 0.3) is 10.1 Å². The fourth-order valence-corrected chi connectivity index (χ4v) is 7.42. The van der Waals surface area contributed by atoms with E-state index in [4.69, 9.17) is 4.74 Å². The number of sulfone groups is 1. The van der Waals surface area contributed by atoms with Gasteiger partial charge in [0.25, 0.3) is 0 Å². The summed E-state index contributed by atoms with van der Waals surface area (Å²) in [6.45, 7) is 1.20. The summed E-state index contributed by atoms with van der Waals surface area (Å²) >= 11 is 1.24. The molecule has 240 valence electrons. The summed E-state index contributed by atoms with van der Waals surface area (Å²) in [7, 11) is -2.00. The van der Waals surface area contributed by atoms with Crippen LogP contribution in [0.2, 0.25) is 0 Å². The van der Waals surface area contributed by atoms with E-state index < -0.39 is 22.4 Å². The number of aliphatic hydroxyl groups excluding tert-OH is 2. The average Bonchev–Trinajstić information content (AvgIpc) is 3.31. The predicted octanol–water partition coefficient (Wildman–Crippen LogP) is 4.89. The standard InChI is InChI=1S/C31H38F3N3O5S2/c1-42-28-19-23(44(2,40)41)12-13-26(28)35-14-4-7-29-25(20-31(32,33)34)24-5-3-6-27(30(24)43-29)36-21-8-10-22(11-9-21)37(15-17-38)16-18-39/h3,5-6,12-13,19,21-22,35-36,38-39H,8-11,14-18,20H2,1-2H3/t21-,22-. The molecule has 4 N–H and O–H groups in total. The number of ether oxygens (including phenoxy) is 1. The van der Waals surface area contributed by atoms with E-state index in [1.54, 1.807) is 18.2 Å². The second kappa shape index (κ2) is 14.8. The first-order valence-corrected chi connectivity index (χ1v) is 17.1. The van der Waals surface area contributed by atoms with E-state index in [0.717, 1.165) is 42.3 Å². The van der Waals surface area contributed by atoms with Gasteiger partial charge < -0.3 is 25.6 Å². The van der Waals surface area contributed by atoms with Gasteiger partial charge in [-0.05, 0) is 54.8 Å². The van der Waals surface area contributed by atoms with E-state index in [2.05, 4.69) is 27.4 Å². The Bertz CT molecular complexity index is 1580. The van der Waals surface area contributed by atoms with Gasteiger partial charge in [-0.2, -0.15) is 13.2 Å². The predicted molar refractivity (Wildman–Crippen MR) is 168 cm³/mol. The first-order chi connectivity index (χ1) is 20.9. The Hall–Kier alpha value is -3.02. The normalized spacial score (nSPS) is 17.4. The summed E-state index contributed by atoms with van der Waals surface area (Å²) in [6.07, 6.45) is -0.890. The number of fused-ring (bicyclic) bond motifs is 1. The fraction of sp³-hybridized carbons (Fsp3) is 0.484. The molecule has 0 saturated heterocycles. The summed E-state index contributed by atoms with van der Waals surface area (Å²) in [4.78, 5) is 2.57. The summed E-state index contributed by atoms with van der Waals surface area (Å²) in [5.41, 5.74) is 1.44. The molecule has 0 atom stereocenters. The van der Waals surface area contributed by atoms with Crippen LogP contribution in [0.4, 0.5) is 24.5 Å². The molecule has 0 amide bonds. The smallest absolute Gasteiger partial charge is 0.393 e. The molecule has 1 heterocycles. The van der Waals surface area contributed by atoms with Crippen LogP contribution in [0, 0.1) is 11.8 Å². The number of aliphatic hydroxyl groups is 2. The largest absolute Gasteiger partial charge is 0.495 e. The van der Waals surface area contributed by atoms with Gasteiger partial charge >= 0.3 is 6.18 Å². The third-order valence-corrected chi connectivity index (χ3v) is 10.0. The highest BCUT2D eigenvalue weighted by Gasteiger charge is 2.31. The molecule has 1 fully saturated rings. The van der Waals surface area contributed by atoms with Crippen LogP contribution in [0.15, 0.2) is 41.3 Å². The molecule has 1 aliphatic carbocycles. The number of benzene rings is 2. The van der Waals surface area contributed by atoms with Crippen molar-refractivity contribution in [1.29, 1.82) is 0 Å². The van der Waals surface area contributed by atoms with Crippen LogP contribution < -0.4 is 15.4 Å². The highest BCUT2D eigenvalue weighted by molar-refractivity contribution is 7.90. The van der Waals surface area contributed by atoms with E-state index >= 15 is 0 Å². The third-order valence-electron chi connectivity index (χ3n) is 7.71. The van der Waals surface area contributed by atoms with Crippen molar-refractivity contribution < 1.29 is 36.5 Å². The summed E-state index contributed by atoms with van der Waals surface area (Å²) in [5.74, 6) is 6.17. The Balaban J connectivity index is 1.53. The molecule has 13 heteroatoms. The lowest BCUT2D eigenvalue weighted by Gasteiger charge is -2.37. The van der Waals surface area contributed by atoms with Gasteiger partial charge in [0.15, 0.2) is 9.84 Å². The van der Waals surface area contributed by atoms with Crippen LogP contribution in [-0.2, 0) is 16.3 Å². The molecule has 0 radical (unpaired) electrons. The van der Waals surface area contributed by atoms with Crippen LogP contribution >= 0.6 is 11.3 Å². The van der Waals surface area contributed by atoms with E-state index in [1.165, 1.54) is 30.6 Å². The van der Waals surface area contributed by atoms with Gasteiger partial charge in [0.1, 0.15) is 5.75 Å². The van der Waals surface area contributed by atoms with Crippen molar-refractivity contribution in [3.63, 3.8) is 0 Å². The number of halogens is 3. The Morgan fingerprint density at radius 3 is 2.39 bits per heavy atom. The molecule has 1 saturated carbocycles. The lowest BCUT2D eigenvalue weighted by Crippen LogP contribution is -2.43. The maximum Gasteiger partial charge on any atom is 0.393 e. The average molecular weight is 654 g/mol. The second-order valence-corrected chi connectivity index (χ2v) is 13.8. The molecule has 0 aliphatic heterocycles. The number of nitrogens with zero attached hydrogens (tertiary/aromatic N) is 1. The minimum Gasteiger partial charge on any atom is -0.495 e. The molecule has 0 bridgehead atoms. The van der Waals surface area contributed by atoms with Gasteiger partial charge in [0.2, 0.25) is 0 Å². The molecular formula is C31H38F3N3O5S2. The maximum atomic E-state index is 13.7. The first kappa shape index (κ1) is 33.9. The molecule has 8 nitrogen and oxygen atoms in total. The Morgan fingerprint density at radius 2 is 1.77 bits per heavy atom. The molecule has 2 aromatic carbocycles. The molecule has 4 rings (SSSR count). The quantitative estimate of drug-likeness (QED) is 0.205. The SMILES string of the molecule is COc1cc(S(C)(=O)=O)ccc1NCC#Cc1sc2c(N[C@H]3CC[C@H](N(CCO)CCO)CC3)cccc2c1CC(F)(F)F. The lowest BCUT2D eigenvalue weighted by molar-refractivity contribution is -0.126. The van der Waals surface area contributed by atoms with Crippen molar-refractivity contribution >= 4 is 42.6 Å². The maximum absolute atomic E-state index is 13.7. The number of alkyl halides is 3. The number of anilines is 2. The topological polar surface area (TPSA) is 111 Å². The third kappa shape index (κ3) is 8.79. The Labute approximate surface area is 260 Å².